The molecule has 0 heterocycles. The smallest absolute Gasteiger partial charge is 0.339 e. The number of carbonyl (C=O) groups is 1. The minimum absolute atomic E-state index is 0.0280. The van der Waals surface area contributed by atoms with Crippen LogP contribution in [0.4, 0.5) is 11.4 Å². The molecule has 0 saturated carbocycles. The standard InChI is InChI=1S/C22H24N2O4/c1-26-22(25)19-14-20(23-17-9-5-3-6-10-17)16(15-28-27-2)13-21(19)24-18-11-7-4-8-12-18/h3-12,14,16,23-24H,13,15H2,1-2H3. The normalized spacial score (nSPS) is 16.4. The van der Waals surface area contributed by atoms with E-state index in [1.165, 1.54) is 14.2 Å². The molecule has 28 heavy (non-hydrogen) atoms. The number of nitrogens with one attached hydrogen (secondary N) is 2. The second-order valence-electron chi connectivity index (χ2n) is 6.32. The fourth-order valence-electron chi connectivity index (χ4n) is 3.06. The summed E-state index contributed by atoms with van der Waals surface area (Å²) in [4.78, 5) is 22.5. The Morgan fingerprint density at radius 3 is 2.14 bits per heavy atom. The van der Waals surface area contributed by atoms with Gasteiger partial charge in [0, 0.05) is 28.7 Å². The number of hydrogen-bond donors (Lipinski definition) is 2. The second-order valence-corrected chi connectivity index (χ2v) is 6.32. The average molecular weight is 380 g/mol. The van der Waals surface area contributed by atoms with E-state index in [-0.39, 0.29) is 5.92 Å². The maximum atomic E-state index is 12.4. The van der Waals surface area contributed by atoms with Crippen LogP contribution in [-0.2, 0) is 19.3 Å². The lowest BCUT2D eigenvalue weighted by atomic mass is 9.90. The molecule has 0 bridgehead atoms. The van der Waals surface area contributed by atoms with Crippen molar-refractivity contribution in [1.29, 1.82) is 0 Å². The highest BCUT2D eigenvalue weighted by Gasteiger charge is 2.28. The Bertz CT molecular complexity index is 847. The fraction of sp³-hybridized carbons (Fsp3) is 0.227. The number of anilines is 2. The van der Waals surface area contributed by atoms with E-state index in [9.17, 15) is 4.79 Å². The molecule has 0 saturated heterocycles. The number of rotatable bonds is 8. The minimum Gasteiger partial charge on any atom is -0.465 e. The van der Waals surface area contributed by atoms with Crippen LogP contribution in [0.2, 0.25) is 0 Å². The van der Waals surface area contributed by atoms with Gasteiger partial charge < -0.3 is 15.4 Å². The lowest BCUT2D eigenvalue weighted by Gasteiger charge is -2.28. The Labute approximate surface area is 164 Å². The molecule has 1 aliphatic carbocycles. The summed E-state index contributed by atoms with van der Waals surface area (Å²) in [5.41, 5.74) is 3.96. The van der Waals surface area contributed by atoms with Crippen LogP contribution < -0.4 is 10.6 Å². The van der Waals surface area contributed by atoms with Crippen molar-refractivity contribution in [3.05, 3.63) is 83.7 Å². The van der Waals surface area contributed by atoms with Gasteiger partial charge >= 0.3 is 5.97 Å². The zero-order valence-electron chi connectivity index (χ0n) is 16.0. The van der Waals surface area contributed by atoms with Gasteiger partial charge in [0.15, 0.2) is 0 Å². The summed E-state index contributed by atoms with van der Waals surface area (Å²) in [6, 6.07) is 19.5. The Hall–Kier alpha value is -3.09. The molecule has 0 spiro atoms. The number of benzene rings is 2. The van der Waals surface area contributed by atoms with E-state index in [2.05, 4.69) is 10.6 Å². The van der Waals surface area contributed by atoms with E-state index in [4.69, 9.17) is 14.5 Å². The number of hydrogen-bond acceptors (Lipinski definition) is 6. The summed E-state index contributed by atoms with van der Waals surface area (Å²) in [7, 11) is 2.86. The molecule has 0 fully saturated rings. The first-order valence-electron chi connectivity index (χ1n) is 9.04. The fourth-order valence-corrected chi connectivity index (χ4v) is 3.06. The van der Waals surface area contributed by atoms with Crippen LogP contribution in [0.3, 0.4) is 0 Å². The summed E-state index contributed by atoms with van der Waals surface area (Å²) in [6.07, 6.45) is 2.38. The summed E-state index contributed by atoms with van der Waals surface area (Å²) in [6.45, 7) is 0.344. The first-order valence-corrected chi connectivity index (χ1v) is 9.04. The maximum absolute atomic E-state index is 12.4. The van der Waals surface area contributed by atoms with Crippen LogP contribution in [-0.4, -0.2) is 26.8 Å². The van der Waals surface area contributed by atoms with Gasteiger partial charge in [-0.3, -0.25) is 0 Å². The van der Waals surface area contributed by atoms with E-state index in [1.54, 1.807) is 0 Å². The quantitative estimate of drug-likeness (QED) is 0.408. The predicted octanol–water partition coefficient (Wildman–Crippen LogP) is 4.12. The molecule has 1 atom stereocenters. The van der Waals surface area contributed by atoms with Crippen molar-refractivity contribution in [1.82, 2.24) is 0 Å². The van der Waals surface area contributed by atoms with Crippen molar-refractivity contribution in [2.45, 2.75) is 6.42 Å². The lowest BCUT2D eigenvalue weighted by Crippen LogP contribution is -2.26. The Kier molecular flexibility index (Phi) is 6.84. The van der Waals surface area contributed by atoms with Gasteiger partial charge in [0.2, 0.25) is 0 Å². The van der Waals surface area contributed by atoms with Gasteiger partial charge in [-0.2, -0.15) is 0 Å². The molecule has 0 aliphatic heterocycles. The van der Waals surface area contributed by atoms with Gasteiger partial charge in [-0.15, -0.1) is 0 Å². The molecule has 1 unspecified atom stereocenters. The zero-order valence-corrected chi connectivity index (χ0v) is 16.0. The van der Waals surface area contributed by atoms with Crippen molar-refractivity contribution in [3.8, 4) is 0 Å². The first-order chi connectivity index (χ1) is 13.7. The third-order valence-electron chi connectivity index (χ3n) is 4.44. The van der Waals surface area contributed by atoms with Crippen molar-refractivity contribution >= 4 is 17.3 Å². The molecule has 2 aromatic carbocycles. The third kappa shape index (κ3) is 5.00. The molecule has 2 N–H and O–H groups in total. The van der Waals surface area contributed by atoms with Gasteiger partial charge in [-0.1, -0.05) is 36.4 Å². The van der Waals surface area contributed by atoms with E-state index in [0.717, 1.165) is 22.8 Å². The zero-order chi connectivity index (χ0) is 19.8. The number of methoxy groups -OCH3 is 1. The van der Waals surface area contributed by atoms with Crippen molar-refractivity contribution in [2.24, 2.45) is 5.92 Å². The van der Waals surface area contributed by atoms with Crippen LogP contribution in [0.25, 0.3) is 0 Å². The first kappa shape index (κ1) is 19.7. The SMILES string of the molecule is COOCC1CC(Nc2ccccc2)=C(C(=O)OC)C=C1Nc1ccccc1. The van der Waals surface area contributed by atoms with Gasteiger partial charge in [0.25, 0.3) is 0 Å². The molecule has 3 rings (SSSR count). The minimum atomic E-state index is -0.392. The van der Waals surface area contributed by atoms with Crippen molar-refractivity contribution in [2.75, 3.05) is 31.5 Å². The maximum Gasteiger partial charge on any atom is 0.339 e. The van der Waals surface area contributed by atoms with E-state index in [0.29, 0.717) is 18.6 Å². The highest BCUT2D eigenvalue weighted by Crippen LogP contribution is 2.32. The highest BCUT2D eigenvalue weighted by atomic mass is 17.2. The molecular formula is C22H24N2O4. The molecule has 1 aliphatic rings. The van der Waals surface area contributed by atoms with Crippen LogP contribution in [0.1, 0.15) is 6.42 Å². The monoisotopic (exact) mass is 380 g/mol. The number of para-hydroxylation sites is 2. The van der Waals surface area contributed by atoms with Crippen molar-refractivity contribution < 1.29 is 19.3 Å². The molecule has 146 valence electrons. The van der Waals surface area contributed by atoms with Crippen LogP contribution in [0.5, 0.6) is 0 Å². The summed E-state index contributed by atoms with van der Waals surface area (Å²) < 4.78 is 5.01. The third-order valence-corrected chi connectivity index (χ3v) is 4.44. The molecule has 2 aromatic rings. The number of carbonyl (C=O) groups excluding carboxylic acids is 1. The number of esters is 1. The Morgan fingerprint density at radius 1 is 0.964 bits per heavy atom. The number of ether oxygens (including phenoxy) is 1. The summed E-state index contributed by atoms with van der Waals surface area (Å²) >= 11 is 0. The summed E-state index contributed by atoms with van der Waals surface area (Å²) in [5.74, 6) is -0.420. The van der Waals surface area contributed by atoms with Crippen LogP contribution in [0, 0.1) is 5.92 Å². The molecule has 6 heteroatoms. The Morgan fingerprint density at radius 2 is 1.57 bits per heavy atom. The topological polar surface area (TPSA) is 68.8 Å². The van der Waals surface area contributed by atoms with Crippen LogP contribution in [0.15, 0.2) is 83.7 Å². The molecule has 6 nitrogen and oxygen atoms in total. The van der Waals surface area contributed by atoms with Gasteiger partial charge in [-0.05, 0) is 36.8 Å². The van der Waals surface area contributed by atoms with Crippen molar-refractivity contribution in [3.63, 3.8) is 0 Å². The molecule has 0 aromatic heterocycles. The summed E-state index contributed by atoms with van der Waals surface area (Å²) in [5, 5.41) is 6.74. The van der Waals surface area contributed by atoms with Gasteiger partial charge in [0.05, 0.1) is 26.4 Å². The average Bonchev–Trinajstić information content (AvgIpc) is 2.74. The second kappa shape index (κ2) is 9.73. The lowest BCUT2D eigenvalue weighted by molar-refractivity contribution is -0.277. The van der Waals surface area contributed by atoms with Gasteiger partial charge in [-0.25, -0.2) is 14.6 Å². The molecule has 0 radical (unpaired) electrons. The number of allylic oxidation sites excluding steroid dienone is 1. The van der Waals surface area contributed by atoms with Gasteiger partial charge in [0.1, 0.15) is 0 Å². The molecule has 0 amide bonds. The largest absolute Gasteiger partial charge is 0.465 e. The van der Waals surface area contributed by atoms with Crippen LogP contribution >= 0.6 is 0 Å². The van der Waals surface area contributed by atoms with E-state index < -0.39 is 5.97 Å². The molecular weight excluding hydrogens is 356 g/mol. The predicted molar refractivity (Wildman–Crippen MR) is 108 cm³/mol. The highest BCUT2D eigenvalue weighted by molar-refractivity contribution is 5.94. The Balaban J connectivity index is 1.95. The van der Waals surface area contributed by atoms with E-state index in [1.807, 2.05) is 66.7 Å². The van der Waals surface area contributed by atoms with E-state index >= 15 is 0 Å².